The normalized spacial score (nSPS) is 11.9. The summed E-state index contributed by atoms with van der Waals surface area (Å²) in [6, 6.07) is 9.21. The summed E-state index contributed by atoms with van der Waals surface area (Å²) in [5, 5.41) is 18.4. The number of aromatic nitrogens is 3. The van der Waals surface area contributed by atoms with Crippen molar-refractivity contribution in [1.82, 2.24) is 25.4 Å². The van der Waals surface area contributed by atoms with Gasteiger partial charge in [-0.2, -0.15) is 5.10 Å². The number of hydrogen-bond acceptors (Lipinski definition) is 4. The van der Waals surface area contributed by atoms with E-state index in [0.29, 0.717) is 19.5 Å². The van der Waals surface area contributed by atoms with E-state index < -0.39 is 0 Å². The molecular weight excluding hydrogens is 270 g/mol. The molecule has 7 heteroatoms. The highest BCUT2D eigenvalue weighted by Crippen LogP contribution is 2.14. The molecule has 21 heavy (non-hydrogen) atoms. The molecule has 0 aliphatic carbocycles. The first-order valence-corrected chi connectivity index (χ1v) is 6.82. The average molecular weight is 289 g/mol. The zero-order valence-corrected chi connectivity index (χ0v) is 11.6. The van der Waals surface area contributed by atoms with Crippen LogP contribution in [0.4, 0.5) is 4.79 Å². The Balaban J connectivity index is 2.00. The Hall–Kier alpha value is -2.41. The third-order valence-corrected chi connectivity index (χ3v) is 2.96. The van der Waals surface area contributed by atoms with E-state index in [1.807, 2.05) is 30.3 Å². The van der Waals surface area contributed by atoms with E-state index in [2.05, 4.69) is 20.7 Å². The highest BCUT2D eigenvalue weighted by molar-refractivity contribution is 5.74. The molecule has 112 valence electrons. The lowest BCUT2D eigenvalue weighted by Crippen LogP contribution is -2.40. The molecule has 0 saturated carbocycles. The van der Waals surface area contributed by atoms with Crippen LogP contribution >= 0.6 is 0 Å². The van der Waals surface area contributed by atoms with E-state index in [0.717, 1.165) is 5.56 Å². The topological polar surface area (TPSA) is 92.1 Å². The number of nitrogens with zero attached hydrogens (tertiary/aromatic N) is 3. The van der Waals surface area contributed by atoms with Crippen molar-refractivity contribution in [2.45, 2.75) is 19.0 Å². The van der Waals surface area contributed by atoms with Gasteiger partial charge in [-0.3, -0.25) is 4.68 Å². The van der Waals surface area contributed by atoms with Gasteiger partial charge in [0, 0.05) is 13.2 Å². The Morgan fingerprint density at radius 3 is 2.81 bits per heavy atom. The molecule has 0 aliphatic rings. The molecule has 1 atom stereocenters. The Morgan fingerprint density at radius 2 is 2.14 bits per heavy atom. The number of hydrogen-bond donors (Lipinski definition) is 3. The van der Waals surface area contributed by atoms with Gasteiger partial charge in [0.05, 0.1) is 12.6 Å². The number of benzene rings is 1. The standard InChI is InChI=1S/C14H19N5O2/c20-8-4-7-16-14(21)18-13(9-19-11-15-10-17-19)12-5-2-1-3-6-12/h1-3,5-6,10-11,13,20H,4,7-9H2,(H2,16,18,21). The van der Waals surface area contributed by atoms with Gasteiger partial charge >= 0.3 is 6.03 Å². The lowest BCUT2D eigenvalue weighted by molar-refractivity contribution is 0.232. The van der Waals surface area contributed by atoms with E-state index in [9.17, 15) is 4.79 Å². The number of carbonyl (C=O) groups is 1. The zero-order valence-electron chi connectivity index (χ0n) is 11.6. The minimum atomic E-state index is -0.266. The molecule has 1 aromatic carbocycles. The van der Waals surface area contributed by atoms with Gasteiger partial charge in [-0.15, -0.1) is 0 Å². The number of carbonyl (C=O) groups excluding carboxylic acids is 1. The quantitative estimate of drug-likeness (QED) is 0.654. The lowest BCUT2D eigenvalue weighted by Gasteiger charge is -2.19. The second-order valence-electron chi connectivity index (χ2n) is 4.56. The first kappa shape index (κ1) is 15.0. The molecule has 2 rings (SSSR count). The Kier molecular flexibility index (Phi) is 5.71. The van der Waals surface area contributed by atoms with Crippen LogP contribution in [0.3, 0.4) is 0 Å². The van der Waals surface area contributed by atoms with Crippen LogP contribution in [-0.4, -0.2) is 39.1 Å². The molecule has 1 aromatic heterocycles. The lowest BCUT2D eigenvalue weighted by atomic mass is 10.1. The third-order valence-electron chi connectivity index (χ3n) is 2.96. The fraction of sp³-hybridized carbons (Fsp3) is 0.357. The molecule has 0 fully saturated rings. The molecule has 0 bridgehead atoms. The van der Waals surface area contributed by atoms with Gasteiger partial charge in [-0.1, -0.05) is 30.3 Å². The van der Waals surface area contributed by atoms with Crippen LogP contribution in [0.15, 0.2) is 43.0 Å². The minimum Gasteiger partial charge on any atom is -0.396 e. The van der Waals surface area contributed by atoms with Crippen molar-refractivity contribution < 1.29 is 9.90 Å². The van der Waals surface area contributed by atoms with Crippen molar-refractivity contribution in [3.05, 3.63) is 48.5 Å². The maximum absolute atomic E-state index is 11.9. The molecule has 1 unspecified atom stereocenters. The van der Waals surface area contributed by atoms with E-state index in [4.69, 9.17) is 5.11 Å². The highest BCUT2D eigenvalue weighted by atomic mass is 16.3. The predicted octanol–water partition coefficient (Wildman–Crippen LogP) is 0.701. The van der Waals surface area contributed by atoms with Crippen LogP contribution in [-0.2, 0) is 6.54 Å². The Morgan fingerprint density at radius 1 is 1.33 bits per heavy atom. The second kappa shape index (κ2) is 8.01. The van der Waals surface area contributed by atoms with Gasteiger partial charge in [0.2, 0.25) is 0 Å². The number of amides is 2. The summed E-state index contributed by atoms with van der Waals surface area (Å²) in [5.41, 5.74) is 0.991. The molecule has 0 aliphatic heterocycles. The van der Waals surface area contributed by atoms with Crippen molar-refractivity contribution in [3.63, 3.8) is 0 Å². The summed E-state index contributed by atoms with van der Waals surface area (Å²) in [6.07, 6.45) is 3.61. The summed E-state index contributed by atoms with van der Waals surface area (Å²) >= 11 is 0. The maximum Gasteiger partial charge on any atom is 0.315 e. The smallest absolute Gasteiger partial charge is 0.315 e. The molecule has 0 radical (unpaired) electrons. The number of nitrogens with one attached hydrogen (secondary N) is 2. The Bertz CT molecular complexity index is 530. The van der Waals surface area contributed by atoms with Gasteiger partial charge < -0.3 is 15.7 Å². The number of rotatable bonds is 7. The maximum atomic E-state index is 11.9. The van der Waals surface area contributed by atoms with Crippen LogP contribution in [0.5, 0.6) is 0 Å². The van der Waals surface area contributed by atoms with E-state index in [1.54, 1.807) is 11.0 Å². The van der Waals surface area contributed by atoms with Crippen LogP contribution in [0.2, 0.25) is 0 Å². The number of urea groups is 1. The van der Waals surface area contributed by atoms with Crippen molar-refractivity contribution in [2.75, 3.05) is 13.2 Å². The van der Waals surface area contributed by atoms with Crippen LogP contribution < -0.4 is 10.6 Å². The minimum absolute atomic E-state index is 0.0569. The molecule has 1 heterocycles. The largest absolute Gasteiger partial charge is 0.396 e. The Labute approximate surface area is 123 Å². The third kappa shape index (κ3) is 4.88. The van der Waals surface area contributed by atoms with Crippen molar-refractivity contribution in [1.29, 1.82) is 0 Å². The fourth-order valence-corrected chi connectivity index (χ4v) is 1.92. The summed E-state index contributed by atoms with van der Waals surface area (Å²) in [7, 11) is 0. The summed E-state index contributed by atoms with van der Waals surface area (Å²) in [5.74, 6) is 0. The number of aliphatic hydroxyl groups is 1. The van der Waals surface area contributed by atoms with Gasteiger partial charge in [0.1, 0.15) is 12.7 Å². The molecule has 0 spiro atoms. The van der Waals surface area contributed by atoms with Gasteiger partial charge in [0.25, 0.3) is 0 Å². The van der Waals surface area contributed by atoms with Gasteiger partial charge in [0.15, 0.2) is 0 Å². The van der Waals surface area contributed by atoms with E-state index >= 15 is 0 Å². The summed E-state index contributed by atoms with van der Waals surface area (Å²) in [6.45, 7) is 0.992. The summed E-state index contributed by atoms with van der Waals surface area (Å²) < 4.78 is 1.67. The van der Waals surface area contributed by atoms with E-state index in [-0.39, 0.29) is 18.7 Å². The number of aliphatic hydroxyl groups excluding tert-OH is 1. The zero-order chi connectivity index (χ0) is 14.9. The van der Waals surface area contributed by atoms with Crippen molar-refractivity contribution in [3.8, 4) is 0 Å². The van der Waals surface area contributed by atoms with Crippen LogP contribution in [0.1, 0.15) is 18.0 Å². The SMILES string of the molecule is O=C(NCCCO)NC(Cn1cncn1)c1ccccc1. The average Bonchev–Trinajstić information content (AvgIpc) is 3.01. The molecule has 7 nitrogen and oxygen atoms in total. The van der Waals surface area contributed by atoms with E-state index in [1.165, 1.54) is 6.33 Å². The molecule has 0 saturated heterocycles. The fourth-order valence-electron chi connectivity index (χ4n) is 1.92. The second-order valence-corrected chi connectivity index (χ2v) is 4.56. The first-order valence-electron chi connectivity index (χ1n) is 6.82. The predicted molar refractivity (Wildman–Crippen MR) is 77.4 cm³/mol. The van der Waals surface area contributed by atoms with Crippen molar-refractivity contribution >= 4 is 6.03 Å². The van der Waals surface area contributed by atoms with Crippen LogP contribution in [0.25, 0.3) is 0 Å². The molecule has 2 amide bonds. The molecule has 3 N–H and O–H groups in total. The summed E-state index contributed by atoms with van der Waals surface area (Å²) in [4.78, 5) is 15.8. The first-order chi connectivity index (χ1) is 10.3. The van der Waals surface area contributed by atoms with Crippen LogP contribution in [0, 0.1) is 0 Å². The van der Waals surface area contributed by atoms with Gasteiger partial charge in [-0.05, 0) is 12.0 Å². The van der Waals surface area contributed by atoms with Crippen molar-refractivity contribution in [2.24, 2.45) is 0 Å². The molecule has 2 aromatic rings. The molecular formula is C14H19N5O2. The van der Waals surface area contributed by atoms with Gasteiger partial charge in [-0.25, -0.2) is 9.78 Å². The monoisotopic (exact) mass is 289 g/mol. The highest BCUT2D eigenvalue weighted by Gasteiger charge is 2.15.